The molecule has 0 fully saturated rings. The van der Waals surface area contributed by atoms with Crippen LogP contribution in [0.5, 0.6) is 5.75 Å². The van der Waals surface area contributed by atoms with E-state index in [2.05, 4.69) is 15.3 Å². The molecule has 9 heteroatoms. The zero-order chi connectivity index (χ0) is 27.0. The molecule has 38 heavy (non-hydrogen) atoms. The smallest absolute Gasteiger partial charge is 0.416 e. The third-order valence-corrected chi connectivity index (χ3v) is 6.16. The van der Waals surface area contributed by atoms with E-state index in [4.69, 9.17) is 5.73 Å². The van der Waals surface area contributed by atoms with Gasteiger partial charge >= 0.3 is 6.18 Å². The second kappa shape index (κ2) is 9.51. The quantitative estimate of drug-likeness (QED) is 0.244. The number of halogens is 3. The highest BCUT2D eigenvalue weighted by Crippen LogP contribution is 2.44. The number of rotatable bonds is 4. The summed E-state index contributed by atoms with van der Waals surface area (Å²) in [6.45, 7) is 1.83. The van der Waals surface area contributed by atoms with Crippen molar-refractivity contribution in [3.8, 4) is 28.0 Å². The van der Waals surface area contributed by atoms with Gasteiger partial charge in [0.2, 0.25) is 5.95 Å². The summed E-state index contributed by atoms with van der Waals surface area (Å²) < 4.78 is 39.3. The molecule has 0 radical (unpaired) electrons. The Balaban J connectivity index is 1.60. The normalized spacial score (nSPS) is 11.5. The van der Waals surface area contributed by atoms with Crippen LogP contribution in [-0.4, -0.2) is 21.0 Å². The molecule has 0 spiro atoms. The van der Waals surface area contributed by atoms with Gasteiger partial charge in [0.25, 0.3) is 5.91 Å². The van der Waals surface area contributed by atoms with Gasteiger partial charge in [-0.05, 0) is 60.0 Å². The third kappa shape index (κ3) is 4.73. The number of nitrogens with one attached hydrogen (secondary N) is 1. The van der Waals surface area contributed by atoms with Crippen LogP contribution in [0.4, 0.5) is 24.8 Å². The molecule has 0 saturated carbocycles. The van der Waals surface area contributed by atoms with Gasteiger partial charge in [0.15, 0.2) is 0 Å². The van der Waals surface area contributed by atoms with Crippen molar-refractivity contribution in [2.45, 2.75) is 13.1 Å². The van der Waals surface area contributed by atoms with Gasteiger partial charge in [-0.3, -0.25) is 4.79 Å². The van der Waals surface area contributed by atoms with Crippen LogP contribution >= 0.6 is 0 Å². The Morgan fingerprint density at radius 3 is 2.45 bits per heavy atom. The molecular formula is C29H21F3N4O2. The topological polar surface area (TPSA) is 101 Å². The van der Waals surface area contributed by atoms with E-state index in [1.54, 1.807) is 30.5 Å². The van der Waals surface area contributed by atoms with Crippen LogP contribution in [0.1, 0.15) is 21.5 Å². The average Bonchev–Trinajstić information content (AvgIpc) is 2.89. The van der Waals surface area contributed by atoms with Crippen molar-refractivity contribution < 1.29 is 23.1 Å². The molecule has 190 valence electrons. The fourth-order valence-electron chi connectivity index (χ4n) is 4.29. The van der Waals surface area contributed by atoms with E-state index >= 15 is 0 Å². The van der Waals surface area contributed by atoms with Gasteiger partial charge in [0.1, 0.15) is 5.75 Å². The van der Waals surface area contributed by atoms with Gasteiger partial charge in [-0.15, -0.1) is 0 Å². The number of amides is 1. The highest BCUT2D eigenvalue weighted by Gasteiger charge is 2.30. The number of anilines is 2. The molecule has 5 aromatic rings. The molecule has 0 unspecified atom stereocenters. The van der Waals surface area contributed by atoms with E-state index in [1.807, 2.05) is 37.3 Å². The molecule has 4 N–H and O–H groups in total. The fourth-order valence-corrected chi connectivity index (χ4v) is 4.29. The zero-order valence-corrected chi connectivity index (χ0v) is 20.0. The van der Waals surface area contributed by atoms with Crippen LogP contribution in [0.25, 0.3) is 33.2 Å². The molecule has 4 aromatic carbocycles. The van der Waals surface area contributed by atoms with Crippen LogP contribution in [0, 0.1) is 6.92 Å². The maximum Gasteiger partial charge on any atom is 0.416 e. The highest BCUT2D eigenvalue weighted by molar-refractivity contribution is 6.06. The number of nitrogen functional groups attached to an aromatic ring is 1. The van der Waals surface area contributed by atoms with Gasteiger partial charge in [0, 0.05) is 28.4 Å². The Labute approximate surface area is 215 Å². The number of aromatic hydroxyl groups is 1. The first kappa shape index (κ1) is 24.8. The van der Waals surface area contributed by atoms with Crippen LogP contribution in [0.15, 0.2) is 85.1 Å². The Morgan fingerprint density at radius 1 is 0.947 bits per heavy atom. The number of carbonyl (C=O) groups is 1. The second-order valence-corrected chi connectivity index (χ2v) is 8.74. The summed E-state index contributed by atoms with van der Waals surface area (Å²) in [6.07, 6.45) is -2.97. The number of hydrogen-bond donors (Lipinski definition) is 3. The fraction of sp³-hybridized carbons (Fsp3) is 0.0690. The van der Waals surface area contributed by atoms with E-state index in [-0.39, 0.29) is 22.9 Å². The molecule has 1 heterocycles. The number of phenols is 1. The Kier molecular flexibility index (Phi) is 6.20. The number of carbonyl (C=O) groups excluding carboxylic acids is 1. The minimum Gasteiger partial charge on any atom is -0.507 e. The molecule has 0 atom stereocenters. The van der Waals surface area contributed by atoms with E-state index in [0.717, 1.165) is 17.7 Å². The van der Waals surface area contributed by atoms with Gasteiger partial charge in [-0.2, -0.15) is 13.2 Å². The largest absolute Gasteiger partial charge is 0.507 e. The summed E-state index contributed by atoms with van der Waals surface area (Å²) in [5, 5.41) is 14.6. The van der Waals surface area contributed by atoms with Crippen LogP contribution in [0.3, 0.4) is 0 Å². The number of nitrogens with two attached hydrogens (primary N) is 1. The number of phenolic OH excluding ortho intramolecular Hbond substituents is 1. The number of fused-ring (bicyclic) bond motifs is 1. The standard InChI is InChI=1S/C29H21F3N4O2/c1-16-10-11-18(27(38)35-21-9-5-8-20(14-21)29(30,31)32)12-22(16)23-13-19-15-34-28(33)36-25(19)24(26(23)37)17-6-3-2-4-7-17/h2-15,37H,1H3,(H,35,38)(H2,33,34,36). The summed E-state index contributed by atoms with van der Waals surface area (Å²) in [5.74, 6) is -0.586. The summed E-state index contributed by atoms with van der Waals surface area (Å²) >= 11 is 0. The summed E-state index contributed by atoms with van der Waals surface area (Å²) in [5.41, 5.74) is 8.62. The van der Waals surface area contributed by atoms with Crippen LogP contribution in [0.2, 0.25) is 0 Å². The van der Waals surface area contributed by atoms with Crippen molar-refractivity contribution in [1.29, 1.82) is 0 Å². The SMILES string of the molecule is Cc1ccc(C(=O)Nc2cccc(C(F)(F)F)c2)cc1-c1cc2cnc(N)nc2c(-c2ccccc2)c1O. The summed E-state index contributed by atoms with van der Waals surface area (Å²) in [7, 11) is 0. The summed E-state index contributed by atoms with van der Waals surface area (Å²) in [6, 6.07) is 20.2. The predicted molar refractivity (Wildman–Crippen MR) is 141 cm³/mol. The van der Waals surface area contributed by atoms with Crippen LogP contribution in [-0.2, 0) is 6.18 Å². The van der Waals surface area contributed by atoms with E-state index in [1.165, 1.54) is 12.1 Å². The number of aromatic nitrogens is 2. The lowest BCUT2D eigenvalue weighted by molar-refractivity contribution is -0.137. The van der Waals surface area contributed by atoms with Gasteiger partial charge in [0.05, 0.1) is 16.6 Å². The van der Waals surface area contributed by atoms with E-state index in [0.29, 0.717) is 33.2 Å². The molecule has 0 bridgehead atoms. The minimum atomic E-state index is -4.53. The number of alkyl halides is 3. The molecular weight excluding hydrogens is 493 g/mol. The molecule has 0 aliphatic carbocycles. The Bertz CT molecular complexity index is 1690. The lowest BCUT2D eigenvalue weighted by atomic mass is 9.91. The lowest BCUT2D eigenvalue weighted by Gasteiger charge is -2.16. The molecule has 0 aliphatic rings. The van der Waals surface area contributed by atoms with Crippen molar-refractivity contribution in [1.82, 2.24) is 9.97 Å². The molecule has 0 aliphatic heterocycles. The molecule has 1 amide bonds. The Hall–Kier alpha value is -4.92. The van der Waals surface area contributed by atoms with Gasteiger partial charge < -0.3 is 16.2 Å². The number of aryl methyl sites for hydroxylation is 1. The number of benzene rings is 4. The van der Waals surface area contributed by atoms with Crippen molar-refractivity contribution >= 4 is 28.4 Å². The first-order valence-corrected chi connectivity index (χ1v) is 11.5. The minimum absolute atomic E-state index is 0.0154. The second-order valence-electron chi connectivity index (χ2n) is 8.74. The van der Waals surface area contributed by atoms with Crippen molar-refractivity contribution in [3.63, 3.8) is 0 Å². The number of nitrogens with zero attached hydrogens (tertiary/aromatic N) is 2. The van der Waals surface area contributed by atoms with Gasteiger partial charge in [-0.25, -0.2) is 9.97 Å². The van der Waals surface area contributed by atoms with Crippen molar-refractivity contribution in [2.75, 3.05) is 11.1 Å². The highest BCUT2D eigenvalue weighted by atomic mass is 19.4. The molecule has 0 saturated heterocycles. The van der Waals surface area contributed by atoms with Crippen LogP contribution < -0.4 is 11.1 Å². The molecule has 1 aromatic heterocycles. The molecule has 5 rings (SSSR count). The summed E-state index contributed by atoms with van der Waals surface area (Å²) in [4.78, 5) is 21.4. The first-order chi connectivity index (χ1) is 18.1. The average molecular weight is 515 g/mol. The van der Waals surface area contributed by atoms with Crippen molar-refractivity contribution in [3.05, 3.63) is 102 Å². The monoisotopic (exact) mass is 514 g/mol. The van der Waals surface area contributed by atoms with E-state index < -0.39 is 17.6 Å². The zero-order valence-electron chi connectivity index (χ0n) is 20.0. The Morgan fingerprint density at radius 2 is 1.71 bits per heavy atom. The van der Waals surface area contributed by atoms with Gasteiger partial charge in [-0.1, -0.05) is 42.5 Å². The number of hydrogen-bond acceptors (Lipinski definition) is 5. The molecule has 6 nitrogen and oxygen atoms in total. The first-order valence-electron chi connectivity index (χ1n) is 11.5. The maximum absolute atomic E-state index is 13.1. The predicted octanol–water partition coefficient (Wildman–Crippen LogP) is 6.83. The lowest BCUT2D eigenvalue weighted by Crippen LogP contribution is -2.13. The third-order valence-electron chi connectivity index (χ3n) is 6.16. The van der Waals surface area contributed by atoms with Crippen molar-refractivity contribution in [2.24, 2.45) is 0 Å². The maximum atomic E-state index is 13.1. The van der Waals surface area contributed by atoms with E-state index in [9.17, 15) is 23.1 Å².